The van der Waals surface area contributed by atoms with Crippen molar-refractivity contribution in [1.82, 2.24) is 10.2 Å². The van der Waals surface area contributed by atoms with Crippen LogP contribution in [0.15, 0.2) is 48.5 Å². The summed E-state index contributed by atoms with van der Waals surface area (Å²) >= 11 is 0. The maximum Gasteiger partial charge on any atom is 0.242 e. The molecule has 0 unspecified atom stereocenters. The van der Waals surface area contributed by atoms with Crippen molar-refractivity contribution in [2.75, 3.05) is 17.1 Å². The van der Waals surface area contributed by atoms with Crippen molar-refractivity contribution in [3.8, 4) is 0 Å². The average Bonchev–Trinajstić information content (AvgIpc) is 2.79. The van der Waals surface area contributed by atoms with Gasteiger partial charge < -0.3 is 10.2 Å². The van der Waals surface area contributed by atoms with E-state index in [9.17, 15) is 22.4 Å². The zero-order chi connectivity index (χ0) is 26.2. The van der Waals surface area contributed by atoms with E-state index in [1.54, 1.807) is 13.0 Å². The van der Waals surface area contributed by atoms with Gasteiger partial charge in [0.25, 0.3) is 0 Å². The van der Waals surface area contributed by atoms with Gasteiger partial charge in [-0.25, -0.2) is 12.8 Å². The quantitative estimate of drug-likeness (QED) is 0.472. The minimum absolute atomic E-state index is 0.00718. The molecule has 192 valence electrons. The third-order valence-corrected chi connectivity index (χ3v) is 7.06. The summed E-state index contributed by atoms with van der Waals surface area (Å²) in [5, 5.41) is 2.92. The summed E-state index contributed by atoms with van der Waals surface area (Å²) in [6.45, 7) is 7.70. The van der Waals surface area contributed by atoms with Gasteiger partial charge in [-0.15, -0.1) is 0 Å². The molecule has 0 saturated carbocycles. The van der Waals surface area contributed by atoms with Crippen LogP contribution in [0.5, 0.6) is 0 Å². The normalized spacial score (nSPS) is 13.1. The number of sulfonamides is 1. The van der Waals surface area contributed by atoms with E-state index in [1.807, 2.05) is 45.0 Å². The van der Waals surface area contributed by atoms with Gasteiger partial charge in [-0.05, 0) is 51.3 Å². The molecule has 0 heterocycles. The van der Waals surface area contributed by atoms with Crippen LogP contribution in [0.4, 0.5) is 10.1 Å². The fourth-order valence-electron chi connectivity index (χ4n) is 3.69. The minimum Gasteiger partial charge on any atom is -0.352 e. The number of aryl methyl sites for hydroxylation is 1. The largest absolute Gasteiger partial charge is 0.352 e. The SMILES string of the molecule is CC[C@H](C)NC(=O)[C@H](C)N(Cc1cccc(C)c1)C(=O)CCCN(c1ccccc1F)S(C)(=O)=O. The fraction of sp³-hybridized carbons (Fsp3) is 0.462. The molecular formula is C26H36FN3O4S. The lowest BCUT2D eigenvalue weighted by atomic mass is 10.1. The molecule has 7 nitrogen and oxygen atoms in total. The lowest BCUT2D eigenvalue weighted by Gasteiger charge is -2.30. The Morgan fingerprint density at radius 2 is 1.77 bits per heavy atom. The Morgan fingerprint density at radius 1 is 1.09 bits per heavy atom. The van der Waals surface area contributed by atoms with Crippen molar-refractivity contribution in [2.45, 2.75) is 65.6 Å². The number of nitrogens with zero attached hydrogens (tertiary/aromatic N) is 2. The fourth-order valence-corrected chi connectivity index (χ4v) is 4.66. The monoisotopic (exact) mass is 505 g/mol. The van der Waals surface area contributed by atoms with Crippen molar-refractivity contribution in [1.29, 1.82) is 0 Å². The van der Waals surface area contributed by atoms with Crippen molar-refractivity contribution >= 4 is 27.5 Å². The number of amides is 2. The van der Waals surface area contributed by atoms with Crippen molar-refractivity contribution in [2.24, 2.45) is 0 Å². The van der Waals surface area contributed by atoms with E-state index in [-0.39, 0.29) is 49.5 Å². The maximum atomic E-state index is 14.3. The average molecular weight is 506 g/mol. The Bertz CT molecular complexity index is 1120. The highest BCUT2D eigenvalue weighted by Crippen LogP contribution is 2.22. The molecule has 0 spiro atoms. The molecule has 1 N–H and O–H groups in total. The van der Waals surface area contributed by atoms with Crippen LogP contribution < -0.4 is 9.62 Å². The smallest absolute Gasteiger partial charge is 0.242 e. The number of benzene rings is 2. The van der Waals surface area contributed by atoms with Gasteiger partial charge in [0.05, 0.1) is 11.9 Å². The van der Waals surface area contributed by atoms with E-state index in [0.29, 0.717) is 0 Å². The molecule has 0 bridgehead atoms. The summed E-state index contributed by atoms with van der Waals surface area (Å²) in [5.41, 5.74) is 1.88. The predicted molar refractivity (Wildman–Crippen MR) is 137 cm³/mol. The molecule has 2 aromatic carbocycles. The summed E-state index contributed by atoms with van der Waals surface area (Å²) in [5.74, 6) is -1.18. The maximum absolute atomic E-state index is 14.3. The molecule has 2 atom stereocenters. The number of rotatable bonds is 12. The second-order valence-electron chi connectivity index (χ2n) is 8.89. The zero-order valence-electron chi connectivity index (χ0n) is 21.1. The summed E-state index contributed by atoms with van der Waals surface area (Å²) in [6, 6.07) is 12.6. The van der Waals surface area contributed by atoms with Gasteiger partial charge in [0, 0.05) is 25.6 Å². The first kappa shape index (κ1) is 28.3. The number of halogens is 1. The highest BCUT2D eigenvalue weighted by atomic mass is 32.2. The van der Waals surface area contributed by atoms with Gasteiger partial charge in [0.1, 0.15) is 11.9 Å². The van der Waals surface area contributed by atoms with Crippen LogP contribution in [0, 0.1) is 12.7 Å². The predicted octanol–water partition coefficient (Wildman–Crippen LogP) is 4.01. The lowest BCUT2D eigenvalue weighted by molar-refractivity contribution is -0.140. The molecule has 0 aromatic heterocycles. The molecule has 0 fully saturated rings. The number of hydrogen-bond donors (Lipinski definition) is 1. The second-order valence-corrected chi connectivity index (χ2v) is 10.8. The third kappa shape index (κ3) is 8.35. The molecule has 0 saturated heterocycles. The first-order valence-corrected chi connectivity index (χ1v) is 13.7. The van der Waals surface area contributed by atoms with E-state index in [0.717, 1.165) is 28.1 Å². The first-order valence-electron chi connectivity index (χ1n) is 11.8. The number of carbonyl (C=O) groups excluding carboxylic acids is 2. The van der Waals surface area contributed by atoms with E-state index in [2.05, 4.69) is 5.32 Å². The van der Waals surface area contributed by atoms with Crippen LogP contribution in [0.1, 0.15) is 51.2 Å². The second kappa shape index (κ2) is 12.7. The van der Waals surface area contributed by atoms with Crippen LogP contribution in [-0.2, 0) is 26.2 Å². The van der Waals surface area contributed by atoms with Gasteiger partial charge in [0.15, 0.2) is 0 Å². The standard InChI is InChI=1S/C26H36FN3O4S/c1-6-20(3)28-26(32)21(4)29(18-22-12-9-11-19(2)17-22)25(31)15-10-16-30(35(5,33)34)24-14-8-7-13-23(24)27/h7-9,11-14,17,20-21H,6,10,15-16,18H2,1-5H3,(H,28,32)/t20-,21-/m0/s1. The molecule has 2 aromatic rings. The lowest BCUT2D eigenvalue weighted by Crippen LogP contribution is -2.49. The van der Waals surface area contributed by atoms with Gasteiger partial charge >= 0.3 is 0 Å². The number of carbonyl (C=O) groups is 2. The molecule has 0 aliphatic rings. The van der Waals surface area contributed by atoms with Crippen LogP contribution in [-0.4, -0.2) is 50.0 Å². The molecule has 2 amide bonds. The van der Waals surface area contributed by atoms with Crippen LogP contribution >= 0.6 is 0 Å². The number of hydrogen-bond acceptors (Lipinski definition) is 4. The third-order valence-electron chi connectivity index (χ3n) is 5.88. The summed E-state index contributed by atoms with van der Waals surface area (Å²) in [4.78, 5) is 27.6. The Balaban J connectivity index is 2.18. The number of nitrogens with one attached hydrogen (secondary N) is 1. The molecule has 35 heavy (non-hydrogen) atoms. The van der Waals surface area contributed by atoms with Gasteiger partial charge in [-0.1, -0.05) is 48.9 Å². The van der Waals surface area contributed by atoms with E-state index in [4.69, 9.17) is 0 Å². The molecular weight excluding hydrogens is 469 g/mol. The zero-order valence-corrected chi connectivity index (χ0v) is 21.9. The van der Waals surface area contributed by atoms with E-state index < -0.39 is 21.9 Å². The van der Waals surface area contributed by atoms with Crippen LogP contribution in [0.25, 0.3) is 0 Å². The first-order chi connectivity index (χ1) is 16.4. The summed E-state index contributed by atoms with van der Waals surface area (Å²) in [6.07, 6.45) is 1.95. The molecule has 9 heteroatoms. The van der Waals surface area contributed by atoms with Gasteiger partial charge in [0.2, 0.25) is 21.8 Å². The van der Waals surface area contributed by atoms with E-state index in [1.165, 1.54) is 23.1 Å². The van der Waals surface area contributed by atoms with Crippen LogP contribution in [0.2, 0.25) is 0 Å². The summed E-state index contributed by atoms with van der Waals surface area (Å²) in [7, 11) is -3.75. The summed E-state index contributed by atoms with van der Waals surface area (Å²) < 4.78 is 39.8. The van der Waals surface area contributed by atoms with Crippen LogP contribution in [0.3, 0.4) is 0 Å². The number of para-hydroxylation sites is 1. The Kier molecular flexibility index (Phi) is 10.2. The molecule has 0 aliphatic heterocycles. The van der Waals surface area contributed by atoms with Crippen molar-refractivity contribution in [3.63, 3.8) is 0 Å². The Labute approximate surface area is 208 Å². The Morgan fingerprint density at radius 3 is 2.37 bits per heavy atom. The highest BCUT2D eigenvalue weighted by Gasteiger charge is 2.27. The number of anilines is 1. The topological polar surface area (TPSA) is 86.8 Å². The van der Waals surface area contributed by atoms with Gasteiger partial charge in [-0.2, -0.15) is 0 Å². The van der Waals surface area contributed by atoms with E-state index >= 15 is 0 Å². The molecule has 0 aliphatic carbocycles. The minimum atomic E-state index is -3.75. The Hall–Kier alpha value is -2.94. The van der Waals surface area contributed by atoms with Gasteiger partial charge in [-0.3, -0.25) is 13.9 Å². The molecule has 2 rings (SSSR count). The molecule has 0 radical (unpaired) electrons. The van der Waals surface area contributed by atoms with Crippen molar-refractivity contribution in [3.05, 3.63) is 65.5 Å². The van der Waals surface area contributed by atoms with Crippen molar-refractivity contribution < 1.29 is 22.4 Å². The highest BCUT2D eigenvalue weighted by molar-refractivity contribution is 7.92.